The van der Waals surface area contributed by atoms with Gasteiger partial charge in [-0.1, -0.05) is 0 Å². The first-order valence-electron chi connectivity index (χ1n) is 8.22. The molecule has 2 N–H and O–H groups in total. The highest BCUT2D eigenvalue weighted by molar-refractivity contribution is 5.84. The topological polar surface area (TPSA) is 92.0 Å². The zero-order valence-electron chi connectivity index (χ0n) is 14.9. The second-order valence-corrected chi connectivity index (χ2v) is 6.07. The van der Waals surface area contributed by atoms with E-state index in [4.69, 9.17) is 9.15 Å². The summed E-state index contributed by atoms with van der Waals surface area (Å²) in [5, 5.41) is 6.37. The summed E-state index contributed by atoms with van der Waals surface area (Å²) < 4.78 is 11.1. The van der Waals surface area contributed by atoms with E-state index in [1.165, 1.54) is 4.90 Å². The fraction of sp³-hybridized carbons (Fsp3) is 0.688. The summed E-state index contributed by atoms with van der Waals surface area (Å²) in [6.07, 6.45) is 2.31. The molecule has 8 heteroatoms. The van der Waals surface area contributed by atoms with Crippen LogP contribution >= 0.6 is 0 Å². The lowest BCUT2D eigenvalue weighted by Gasteiger charge is -2.15. The molecule has 8 nitrogen and oxygen atoms in total. The number of hydrogen-bond acceptors (Lipinski definition) is 5. The molecule has 24 heavy (non-hydrogen) atoms. The summed E-state index contributed by atoms with van der Waals surface area (Å²) in [5.74, 6) is 1.89. The number of hydrogen-bond donors (Lipinski definition) is 2. The summed E-state index contributed by atoms with van der Waals surface area (Å²) >= 11 is 0. The standard InChI is InChI=1S/C16H27N5O3/c1-11-12(2)24-14(20-11)9-18-16(19-10-15(22)21(3)4)17-8-13-6-5-7-23-13/h13H,5-10H2,1-4H3,(H2,17,18,19). The molecule has 0 spiro atoms. The van der Waals surface area contributed by atoms with Crippen molar-refractivity contribution in [3.63, 3.8) is 0 Å². The molecule has 0 bridgehead atoms. The maximum atomic E-state index is 11.7. The van der Waals surface area contributed by atoms with E-state index in [1.807, 2.05) is 13.8 Å². The molecule has 0 aromatic carbocycles. The van der Waals surface area contributed by atoms with E-state index in [2.05, 4.69) is 20.6 Å². The van der Waals surface area contributed by atoms with Gasteiger partial charge in [0.25, 0.3) is 0 Å². The lowest BCUT2D eigenvalue weighted by molar-refractivity contribution is -0.127. The number of ether oxygens (including phenoxy) is 1. The Morgan fingerprint density at radius 2 is 2.17 bits per heavy atom. The van der Waals surface area contributed by atoms with Crippen LogP contribution in [0, 0.1) is 13.8 Å². The number of aromatic nitrogens is 1. The van der Waals surface area contributed by atoms with Gasteiger partial charge in [-0.05, 0) is 26.7 Å². The normalized spacial score (nSPS) is 17.8. The van der Waals surface area contributed by atoms with Gasteiger partial charge in [0, 0.05) is 27.2 Å². The van der Waals surface area contributed by atoms with Gasteiger partial charge in [-0.15, -0.1) is 0 Å². The van der Waals surface area contributed by atoms with Crippen LogP contribution in [0.5, 0.6) is 0 Å². The number of amides is 1. The van der Waals surface area contributed by atoms with Crippen molar-refractivity contribution in [2.45, 2.75) is 39.3 Å². The van der Waals surface area contributed by atoms with E-state index < -0.39 is 0 Å². The third-order valence-corrected chi connectivity index (χ3v) is 3.87. The van der Waals surface area contributed by atoms with E-state index in [-0.39, 0.29) is 18.6 Å². The molecular weight excluding hydrogens is 310 g/mol. The van der Waals surface area contributed by atoms with Crippen molar-refractivity contribution < 1.29 is 13.9 Å². The maximum absolute atomic E-state index is 11.7. The predicted octanol–water partition coefficient (Wildman–Crippen LogP) is 0.594. The van der Waals surface area contributed by atoms with Gasteiger partial charge in [0.1, 0.15) is 12.3 Å². The van der Waals surface area contributed by atoms with Gasteiger partial charge in [0.2, 0.25) is 11.8 Å². The summed E-state index contributed by atoms with van der Waals surface area (Å²) in [5.41, 5.74) is 0.875. The molecule has 134 valence electrons. The third kappa shape index (κ3) is 5.52. The Bertz CT molecular complexity index is 557. The Labute approximate surface area is 142 Å². The number of aliphatic imine (C=N–C) groups is 1. The molecule has 1 aliphatic rings. The molecule has 0 aliphatic carbocycles. The average molecular weight is 337 g/mol. The van der Waals surface area contributed by atoms with Gasteiger partial charge in [-0.25, -0.2) is 9.98 Å². The van der Waals surface area contributed by atoms with Crippen molar-refractivity contribution in [1.82, 2.24) is 20.5 Å². The quantitative estimate of drug-likeness (QED) is 0.583. The van der Waals surface area contributed by atoms with Crippen LogP contribution in [-0.4, -0.2) is 61.6 Å². The van der Waals surface area contributed by atoms with Crippen LogP contribution in [0.4, 0.5) is 0 Å². The number of nitrogens with zero attached hydrogens (tertiary/aromatic N) is 3. The number of carbonyl (C=O) groups is 1. The molecule has 1 fully saturated rings. The summed E-state index contributed by atoms with van der Waals surface area (Å²) in [7, 11) is 3.42. The van der Waals surface area contributed by atoms with Gasteiger partial charge in [0.05, 0.1) is 18.3 Å². The minimum absolute atomic E-state index is 0.0592. The highest BCUT2D eigenvalue weighted by Gasteiger charge is 2.16. The van der Waals surface area contributed by atoms with Gasteiger partial charge in [-0.2, -0.15) is 0 Å². The van der Waals surface area contributed by atoms with Crippen LogP contribution in [0.25, 0.3) is 0 Å². The summed E-state index contributed by atoms with van der Waals surface area (Å²) in [6.45, 7) is 5.74. The first-order valence-corrected chi connectivity index (χ1v) is 8.22. The number of nitrogens with one attached hydrogen (secondary N) is 2. The molecule has 2 rings (SSSR count). The first kappa shape index (κ1) is 18.3. The Kier molecular flexibility index (Phi) is 6.60. The van der Waals surface area contributed by atoms with Crippen LogP contribution in [0.2, 0.25) is 0 Å². The highest BCUT2D eigenvalue weighted by Crippen LogP contribution is 2.10. The fourth-order valence-electron chi connectivity index (χ4n) is 2.25. The van der Waals surface area contributed by atoms with Gasteiger partial charge in [-0.3, -0.25) is 4.79 Å². The molecule has 0 radical (unpaired) electrons. The number of likely N-dealkylation sites (N-methyl/N-ethyl adjacent to an activating group) is 1. The van der Waals surface area contributed by atoms with Crippen LogP contribution in [0.1, 0.15) is 30.2 Å². The number of rotatable bonds is 6. The van der Waals surface area contributed by atoms with Crippen molar-refractivity contribution in [1.29, 1.82) is 0 Å². The molecule has 1 saturated heterocycles. The van der Waals surface area contributed by atoms with Gasteiger partial charge >= 0.3 is 0 Å². The minimum Gasteiger partial charge on any atom is -0.444 e. The van der Waals surface area contributed by atoms with Crippen LogP contribution in [0.3, 0.4) is 0 Å². The fourth-order valence-corrected chi connectivity index (χ4v) is 2.25. The van der Waals surface area contributed by atoms with Gasteiger partial charge < -0.3 is 24.7 Å². The molecule has 2 heterocycles. The molecular formula is C16H27N5O3. The van der Waals surface area contributed by atoms with E-state index in [0.717, 1.165) is 30.9 Å². The molecule has 1 unspecified atom stereocenters. The Morgan fingerprint density at radius 3 is 2.75 bits per heavy atom. The molecule has 1 aliphatic heterocycles. The number of aryl methyl sites for hydroxylation is 2. The summed E-state index contributed by atoms with van der Waals surface area (Å²) in [6, 6.07) is 0. The zero-order chi connectivity index (χ0) is 17.5. The van der Waals surface area contributed by atoms with E-state index in [0.29, 0.717) is 24.9 Å². The zero-order valence-corrected chi connectivity index (χ0v) is 14.9. The Morgan fingerprint density at radius 1 is 1.38 bits per heavy atom. The number of guanidine groups is 1. The monoisotopic (exact) mass is 337 g/mol. The molecule has 0 saturated carbocycles. The largest absolute Gasteiger partial charge is 0.444 e. The Balaban J connectivity index is 1.92. The SMILES string of the molecule is Cc1nc(CNC(=NCC(=O)N(C)C)NCC2CCCO2)oc1C. The van der Waals surface area contributed by atoms with Crippen molar-refractivity contribution in [2.75, 3.05) is 33.8 Å². The lowest BCUT2D eigenvalue weighted by Crippen LogP contribution is -2.41. The highest BCUT2D eigenvalue weighted by atomic mass is 16.5. The number of oxazole rings is 1. The smallest absolute Gasteiger partial charge is 0.243 e. The van der Waals surface area contributed by atoms with E-state index in [9.17, 15) is 4.79 Å². The average Bonchev–Trinajstić information content (AvgIpc) is 3.16. The van der Waals surface area contributed by atoms with Crippen molar-refractivity contribution >= 4 is 11.9 Å². The van der Waals surface area contributed by atoms with Crippen LogP contribution in [-0.2, 0) is 16.1 Å². The van der Waals surface area contributed by atoms with E-state index in [1.54, 1.807) is 14.1 Å². The molecule has 1 aromatic rings. The predicted molar refractivity (Wildman–Crippen MR) is 90.8 cm³/mol. The third-order valence-electron chi connectivity index (χ3n) is 3.87. The molecule has 1 aromatic heterocycles. The lowest BCUT2D eigenvalue weighted by atomic mass is 10.2. The number of carbonyl (C=O) groups excluding carboxylic acids is 1. The first-order chi connectivity index (χ1) is 11.5. The second-order valence-electron chi connectivity index (χ2n) is 6.07. The van der Waals surface area contributed by atoms with Crippen LogP contribution < -0.4 is 10.6 Å². The van der Waals surface area contributed by atoms with Crippen LogP contribution in [0.15, 0.2) is 9.41 Å². The van der Waals surface area contributed by atoms with Gasteiger partial charge in [0.15, 0.2) is 5.96 Å². The van der Waals surface area contributed by atoms with Crippen molar-refractivity contribution in [3.05, 3.63) is 17.3 Å². The summed E-state index contributed by atoms with van der Waals surface area (Å²) in [4.78, 5) is 21.9. The Hall–Kier alpha value is -2.09. The maximum Gasteiger partial charge on any atom is 0.243 e. The molecule has 1 atom stereocenters. The van der Waals surface area contributed by atoms with Crippen molar-refractivity contribution in [2.24, 2.45) is 4.99 Å². The second kappa shape index (κ2) is 8.68. The minimum atomic E-state index is -0.0592. The molecule has 1 amide bonds. The van der Waals surface area contributed by atoms with E-state index >= 15 is 0 Å². The van der Waals surface area contributed by atoms with Crippen molar-refractivity contribution in [3.8, 4) is 0 Å².